The van der Waals surface area contributed by atoms with E-state index in [1.807, 2.05) is 13.8 Å². The molecule has 2 fully saturated rings. The summed E-state index contributed by atoms with van der Waals surface area (Å²) in [6, 6.07) is 1.78. The molecule has 1 N–H and O–H groups in total. The molecule has 1 saturated heterocycles. The fraction of sp³-hybridized carbons (Fsp3) is 0.778. The third kappa shape index (κ3) is 4.46. The Kier molecular flexibility index (Phi) is 6.02. The minimum atomic E-state index is -3.51. The van der Waals surface area contributed by atoms with Gasteiger partial charge in [-0.05, 0) is 31.6 Å². The Morgan fingerprint density at radius 1 is 1.31 bits per heavy atom. The fourth-order valence-electron chi connectivity index (χ4n) is 3.80. The van der Waals surface area contributed by atoms with Gasteiger partial charge in [0.05, 0.1) is 17.5 Å². The predicted octanol–water partition coefficient (Wildman–Crippen LogP) is 2.40. The van der Waals surface area contributed by atoms with Gasteiger partial charge in [-0.3, -0.25) is 4.79 Å². The maximum Gasteiger partial charge on any atom is 0.225 e. The maximum absolute atomic E-state index is 12.7. The van der Waals surface area contributed by atoms with Gasteiger partial charge in [-0.25, -0.2) is 13.1 Å². The molecule has 1 aliphatic heterocycles. The number of nitrogens with zero attached hydrogens (tertiary/aromatic N) is 2. The Labute approximate surface area is 155 Å². The van der Waals surface area contributed by atoms with Gasteiger partial charge in [0.1, 0.15) is 0 Å². The quantitative estimate of drug-likeness (QED) is 0.814. The minimum absolute atomic E-state index is 0.0908. The van der Waals surface area contributed by atoms with Gasteiger partial charge in [-0.1, -0.05) is 31.8 Å². The average Bonchev–Trinajstić information content (AvgIpc) is 3.31. The normalized spacial score (nSPS) is 22.3. The molecule has 146 valence electrons. The SMILES string of the molecule is CC(C)c1cc(CNS(=O)(=O)C2CCCN(C(=O)C3CCCC3)C2)on1. The Balaban J connectivity index is 1.58. The van der Waals surface area contributed by atoms with Crippen LogP contribution in [-0.2, 0) is 21.4 Å². The highest BCUT2D eigenvalue weighted by Gasteiger charge is 2.35. The summed E-state index contributed by atoms with van der Waals surface area (Å²) in [5, 5.41) is 3.38. The van der Waals surface area contributed by atoms with Crippen molar-refractivity contribution in [3.63, 3.8) is 0 Å². The van der Waals surface area contributed by atoms with E-state index in [2.05, 4.69) is 9.88 Å². The van der Waals surface area contributed by atoms with Crippen molar-refractivity contribution < 1.29 is 17.7 Å². The zero-order valence-electron chi connectivity index (χ0n) is 15.6. The molecule has 1 amide bonds. The van der Waals surface area contributed by atoms with E-state index in [0.29, 0.717) is 18.7 Å². The number of nitrogens with one attached hydrogen (secondary N) is 1. The number of amides is 1. The molecule has 2 heterocycles. The van der Waals surface area contributed by atoms with Crippen LogP contribution in [-0.4, -0.2) is 42.7 Å². The van der Waals surface area contributed by atoms with Crippen molar-refractivity contribution in [3.05, 3.63) is 17.5 Å². The Morgan fingerprint density at radius 2 is 2.04 bits per heavy atom. The summed E-state index contributed by atoms with van der Waals surface area (Å²) in [5.41, 5.74) is 0.810. The number of carbonyl (C=O) groups excluding carboxylic acids is 1. The van der Waals surface area contributed by atoms with Crippen molar-refractivity contribution in [2.75, 3.05) is 13.1 Å². The van der Waals surface area contributed by atoms with E-state index in [0.717, 1.165) is 37.8 Å². The van der Waals surface area contributed by atoms with Gasteiger partial charge in [0.25, 0.3) is 0 Å². The van der Waals surface area contributed by atoms with Crippen LogP contribution in [0.5, 0.6) is 0 Å². The van der Waals surface area contributed by atoms with Crippen molar-refractivity contribution in [3.8, 4) is 0 Å². The molecule has 1 unspecified atom stereocenters. The molecule has 0 spiro atoms. The van der Waals surface area contributed by atoms with Crippen LogP contribution in [0.25, 0.3) is 0 Å². The molecule has 0 radical (unpaired) electrons. The van der Waals surface area contributed by atoms with Crippen LogP contribution in [0, 0.1) is 5.92 Å². The number of carbonyl (C=O) groups is 1. The number of rotatable bonds is 6. The third-order valence-electron chi connectivity index (χ3n) is 5.45. The van der Waals surface area contributed by atoms with Crippen molar-refractivity contribution in [1.29, 1.82) is 0 Å². The molecule has 7 nitrogen and oxygen atoms in total. The number of hydrogen-bond donors (Lipinski definition) is 1. The van der Waals surface area contributed by atoms with Gasteiger partial charge in [0, 0.05) is 25.1 Å². The molecule has 8 heteroatoms. The number of piperidine rings is 1. The van der Waals surface area contributed by atoms with Crippen LogP contribution in [0.1, 0.15) is 69.7 Å². The molecule has 0 bridgehead atoms. The summed E-state index contributed by atoms with van der Waals surface area (Å²) in [7, 11) is -3.51. The van der Waals surface area contributed by atoms with Crippen LogP contribution in [0.3, 0.4) is 0 Å². The molecular formula is C18H29N3O4S. The van der Waals surface area contributed by atoms with Gasteiger partial charge >= 0.3 is 0 Å². The van der Waals surface area contributed by atoms with Crippen molar-refractivity contribution in [1.82, 2.24) is 14.8 Å². The fourth-order valence-corrected chi connectivity index (χ4v) is 5.23. The second kappa shape index (κ2) is 8.08. The van der Waals surface area contributed by atoms with Crippen LogP contribution in [0.15, 0.2) is 10.6 Å². The zero-order valence-corrected chi connectivity index (χ0v) is 16.4. The lowest BCUT2D eigenvalue weighted by atomic mass is 10.0. The molecule has 3 rings (SSSR count). The van der Waals surface area contributed by atoms with Crippen molar-refractivity contribution in [2.24, 2.45) is 5.92 Å². The highest BCUT2D eigenvalue weighted by Crippen LogP contribution is 2.28. The first-order valence-corrected chi connectivity index (χ1v) is 11.1. The maximum atomic E-state index is 12.7. The molecular weight excluding hydrogens is 354 g/mol. The molecule has 1 aromatic heterocycles. The molecule has 1 atom stereocenters. The molecule has 2 aliphatic rings. The van der Waals surface area contributed by atoms with Crippen LogP contribution < -0.4 is 4.72 Å². The van der Waals surface area contributed by atoms with Crippen LogP contribution >= 0.6 is 0 Å². The molecule has 1 saturated carbocycles. The number of likely N-dealkylation sites (tertiary alicyclic amines) is 1. The Hall–Kier alpha value is -1.41. The standard InChI is InChI=1S/C18H29N3O4S/c1-13(2)17-10-15(25-20-17)11-19-26(23,24)16-8-5-9-21(12-16)18(22)14-6-3-4-7-14/h10,13-14,16,19H,3-9,11-12H2,1-2H3. The topological polar surface area (TPSA) is 92.5 Å². The average molecular weight is 384 g/mol. The molecule has 26 heavy (non-hydrogen) atoms. The van der Waals surface area contributed by atoms with Crippen LogP contribution in [0.2, 0.25) is 0 Å². The van der Waals surface area contributed by atoms with E-state index < -0.39 is 15.3 Å². The lowest BCUT2D eigenvalue weighted by Gasteiger charge is -2.34. The molecule has 1 aliphatic carbocycles. The van der Waals surface area contributed by atoms with E-state index in [1.165, 1.54) is 0 Å². The Morgan fingerprint density at radius 3 is 2.69 bits per heavy atom. The lowest BCUT2D eigenvalue weighted by Crippen LogP contribution is -2.49. The smallest absolute Gasteiger partial charge is 0.225 e. The van der Waals surface area contributed by atoms with Gasteiger partial charge in [-0.2, -0.15) is 0 Å². The second-order valence-corrected chi connectivity index (χ2v) is 9.81. The monoisotopic (exact) mass is 383 g/mol. The summed E-state index contributed by atoms with van der Waals surface area (Å²) >= 11 is 0. The number of aromatic nitrogens is 1. The Bertz CT molecular complexity index is 723. The number of sulfonamides is 1. The summed E-state index contributed by atoms with van der Waals surface area (Å²) in [6.45, 7) is 5.06. The van der Waals surface area contributed by atoms with Crippen LogP contribution in [0.4, 0.5) is 0 Å². The summed E-state index contributed by atoms with van der Waals surface area (Å²) < 4.78 is 33.2. The molecule has 1 aromatic rings. The van der Waals surface area contributed by atoms with E-state index in [1.54, 1.807) is 11.0 Å². The second-order valence-electron chi connectivity index (χ2n) is 7.77. The van der Waals surface area contributed by atoms with E-state index in [9.17, 15) is 13.2 Å². The number of hydrogen-bond acceptors (Lipinski definition) is 5. The highest BCUT2D eigenvalue weighted by molar-refractivity contribution is 7.90. The first-order valence-electron chi connectivity index (χ1n) is 9.59. The minimum Gasteiger partial charge on any atom is -0.360 e. The summed E-state index contributed by atoms with van der Waals surface area (Å²) in [4.78, 5) is 14.4. The van der Waals surface area contributed by atoms with Gasteiger partial charge in [0.2, 0.25) is 15.9 Å². The predicted molar refractivity (Wildman–Crippen MR) is 97.9 cm³/mol. The van der Waals surface area contributed by atoms with E-state index in [-0.39, 0.29) is 30.8 Å². The summed E-state index contributed by atoms with van der Waals surface area (Å²) in [5.74, 6) is 0.969. The van der Waals surface area contributed by atoms with Crippen molar-refractivity contribution >= 4 is 15.9 Å². The lowest BCUT2D eigenvalue weighted by molar-refractivity contribution is -0.136. The van der Waals surface area contributed by atoms with E-state index in [4.69, 9.17) is 4.52 Å². The van der Waals surface area contributed by atoms with E-state index >= 15 is 0 Å². The first-order chi connectivity index (χ1) is 12.4. The highest BCUT2D eigenvalue weighted by atomic mass is 32.2. The summed E-state index contributed by atoms with van der Waals surface area (Å²) in [6.07, 6.45) is 5.39. The van der Waals surface area contributed by atoms with Gasteiger partial charge in [-0.15, -0.1) is 0 Å². The largest absolute Gasteiger partial charge is 0.360 e. The first kappa shape index (κ1) is 19.4. The zero-order chi connectivity index (χ0) is 18.7. The van der Waals surface area contributed by atoms with Gasteiger partial charge < -0.3 is 9.42 Å². The molecule has 0 aromatic carbocycles. The van der Waals surface area contributed by atoms with Gasteiger partial charge in [0.15, 0.2) is 5.76 Å². The van der Waals surface area contributed by atoms with Crippen molar-refractivity contribution in [2.45, 2.75) is 70.1 Å². The third-order valence-corrected chi connectivity index (χ3v) is 7.26.